The molecule has 0 radical (unpaired) electrons. The van der Waals surface area contributed by atoms with Gasteiger partial charge in [-0.2, -0.15) is 5.10 Å². The quantitative estimate of drug-likeness (QED) is 0.900. The van der Waals surface area contributed by atoms with Crippen LogP contribution in [0.25, 0.3) is 0 Å². The fraction of sp³-hybridized carbons (Fsp3) is 0.786. The lowest BCUT2D eigenvalue weighted by molar-refractivity contribution is 0.256. The molecule has 0 saturated carbocycles. The maximum Gasteiger partial charge on any atom is 0.150 e. The Morgan fingerprint density at radius 2 is 2.16 bits per heavy atom. The number of likely N-dealkylation sites (N-methyl/N-ethyl adjacent to an activating group) is 1. The summed E-state index contributed by atoms with van der Waals surface area (Å²) in [4.78, 5) is 4.73. The highest BCUT2D eigenvalue weighted by Gasteiger charge is 2.26. The number of piperidine rings is 1. The minimum atomic E-state index is 0.610. The molecular weight excluding hydrogens is 238 g/mol. The molecule has 1 aliphatic rings. The van der Waals surface area contributed by atoms with Crippen LogP contribution in [0.1, 0.15) is 31.9 Å². The molecule has 1 saturated heterocycles. The second-order valence-electron chi connectivity index (χ2n) is 5.75. The second kappa shape index (κ2) is 5.82. The maximum atomic E-state index is 6.25. The van der Waals surface area contributed by atoms with Crippen molar-refractivity contribution < 1.29 is 0 Å². The molecular formula is C14H27N5. The summed E-state index contributed by atoms with van der Waals surface area (Å²) in [6.07, 6.45) is 3.57. The molecule has 0 bridgehead atoms. The van der Waals surface area contributed by atoms with Crippen LogP contribution in [0.5, 0.6) is 0 Å². The number of nitrogen functional groups attached to an aromatic ring is 1. The minimum Gasteiger partial charge on any atom is -0.394 e. The molecule has 2 N–H and O–H groups in total. The van der Waals surface area contributed by atoms with Crippen LogP contribution in [-0.2, 0) is 6.54 Å². The summed E-state index contributed by atoms with van der Waals surface area (Å²) in [5, 5.41) is 4.58. The second-order valence-corrected chi connectivity index (χ2v) is 5.75. The van der Waals surface area contributed by atoms with E-state index in [0.29, 0.717) is 6.04 Å². The van der Waals surface area contributed by atoms with Gasteiger partial charge in [0, 0.05) is 25.7 Å². The van der Waals surface area contributed by atoms with Gasteiger partial charge in [-0.1, -0.05) is 6.92 Å². The number of rotatable bonds is 4. The van der Waals surface area contributed by atoms with Crippen molar-refractivity contribution in [2.75, 3.05) is 37.8 Å². The zero-order valence-corrected chi connectivity index (χ0v) is 12.7. The summed E-state index contributed by atoms with van der Waals surface area (Å²) >= 11 is 0. The van der Waals surface area contributed by atoms with Crippen LogP contribution >= 0.6 is 0 Å². The van der Waals surface area contributed by atoms with Crippen molar-refractivity contribution in [3.63, 3.8) is 0 Å². The fourth-order valence-corrected chi connectivity index (χ4v) is 2.85. The number of anilines is 2. The van der Waals surface area contributed by atoms with Gasteiger partial charge in [-0.25, -0.2) is 4.68 Å². The molecule has 5 heteroatoms. The lowest BCUT2D eigenvalue weighted by atomic mass is 10.0. The summed E-state index contributed by atoms with van der Waals surface area (Å²) in [5.74, 6) is 1.13. The van der Waals surface area contributed by atoms with Gasteiger partial charge in [0.25, 0.3) is 0 Å². The van der Waals surface area contributed by atoms with E-state index in [9.17, 15) is 0 Å². The monoisotopic (exact) mass is 265 g/mol. The van der Waals surface area contributed by atoms with E-state index >= 15 is 0 Å². The summed E-state index contributed by atoms with van der Waals surface area (Å²) < 4.78 is 2.09. The molecule has 5 nitrogen and oxygen atoms in total. The Hall–Kier alpha value is -1.23. The van der Waals surface area contributed by atoms with Crippen molar-refractivity contribution in [1.82, 2.24) is 14.7 Å². The number of aryl methyl sites for hydroxylation is 2. The van der Waals surface area contributed by atoms with Crippen LogP contribution in [0.4, 0.5) is 11.5 Å². The number of nitrogens with zero attached hydrogens (tertiary/aromatic N) is 4. The van der Waals surface area contributed by atoms with E-state index in [1.807, 2.05) is 6.92 Å². The molecule has 2 rings (SSSR count). The minimum absolute atomic E-state index is 0.610. The Balaban J connectivity index is 2.25. The number of aromatic nitrogens is 2. The van der Waals surface area contributed by atoms with Crippen molar-refractivity contribution in [1.29, 1.82) is 0 Å². The van der Waals surface area contributed by atoms with Crippen LogP contribution in [0.2, 0.25) is 0 Å². The molecule has 1 aromatic rings. The van der Waals surface area contributed by atoms with Crippen LogP contribution in [0.15, 0.2) is 0 Å². The predicted octanol–water partition coefficient (Wildman–Crippen LogP) is 1.71. The van der Waals surface area contributed by atoms with Gasteiger partial charge in [0.15, 0.2) is 5.82 Å². The molecule has 1 fully saturated rings. The maximum absolute atomic E-state index is 6.25. The summed E-state index contributed by atoms with van der Waals surface area (Å²) in [6, 6.07) is 0.610. The lowest BCUT2D eigenvalue weighted by Crippen LogP contribution is -2.46. The number of hydrogen-bond acceptors (Lipinski definition) is 4. The van der Waals surface area contributed by atoms with Crippen LogP contribution in [0.3, 0.4) is 0 Å². The van der Waals surface area contributed by atoms with Gasteiger partial charge in [0.05, 0.1) is 11.4 Å². The zero-order valence-electron chi connectivity index (χ0n) is 12.7. The molecule has 108 valence electrons. The molecule has 1 unspecified atom stereocenters. The first-order valence-corrected chi connectivity index (χ1v) is 7.28. The predicted molar refractivity (Wildman–Crippen MR) is 80.6 cm³/mol. The zero-order chi connectivity index (χ0) is 14.0. The standard InChI is InChI=1S/C14H27N5/c1-5-8-19-14(13(15)11(2)16-19)18-9-6-7-12(10-18)17(3)4/h12H,5-10,15H2,1-4H3. The van der Waals surface area contributed by atoms with Crippen molar-refractivity contribution in [3.8, 4) is 0 Å². The van der Waals surface area contributed by atoms with Gasteiger partial charge in [-0.05, 0) is 40.3 Å². The topological polar surface area (TPSA) is 50.3 Å². The highest BCUT2D eigenvalue weighted by atomic mass is 15.4. The first-order valence-electron chi connectivity index (χ1n) is 7.28. The molecule has 0 amide bonds. The molecule has 2 heterocycles. The third-order valence-corrected chi connectivity index (χ3v) is 4.01. The highest BCUT2D eigenvalue weighted by Crippen LogP contribution is 2.29. The van der Waals surface area contributed by atoms with E-state index in [-0.39, 0.29) is 0 Å². The van der Waals surface area contributed by atoms with Gasteiger partial charge in [-0.15, -0.1) is 0 Å². The third kappa shape index (κ3) is 2.86. The van der Waals surface area contributed by atoms with Crippen LogP contribution in [0, 0.1) is 6.92 Å². The van der Waals surface area contributed by atoms with E-state index in [0.717, 1.165) is 43.3 Å². The largest absolute Gasteiger partial charge is 0.394 e. The molecule has 0 spiro atoms. The summed E-state index contributed by atoms with van der Waals surface area (Å²) in [6.45, 7) is 7.25. The Kier molecular flexibility index (Phi) is 4.34. The SMILES string of the molecule is CCCn1nc(C)c(N)c1N1CCCC(N(C)C)C1. The van der Waals surface area contributed by atoms with Crippen molar-refractivity contribution >= 4 is 11.5 Å². The van der Waals surface area contributed by atoms with Crippen molar-refractivity contribution in [2.45, 2.75) is 45.7 Å². The summed E-state index contributed by atoms with van der Waals surface area (Å²) in [7, 11) is 4.32. The fourth-order valence-electron chi connectivity index (χ4n) is 2.85. The molecule has 0 aromatic carbocycles. The van der Waals surface area contributed by atoms with E-state index in [1.54, 1.807) is 0 Å². The van der Waals surface area contributed by atoms with E-state index < -0.39 is 0 Å². The van der Waals surface area contributed by atoms with Crippen molar-refractivity contribution in [2.24, 2.45) is 0 Å². The summed E-state index contributed by atoms with van der Waals surface area (Å²) in [5.41, 5.74) is 8.06. The molecule has 19 heavy (non-hydrogen) atoms. The smallest absolute Gasteiger partial charge is 0.150 e. The molecule has 1 aliphatic heterocycles. The van der Waals surface area contributed by atoms with Gasteiger partial charge in [0.2, 0.25) is 0 Å². The van der Waals surface area contributed by atoms with Crippen LogP contribution < -0.4 is 10.6 Å². The van der Waals surface area contributed by atoms with E-state index in [1.165, 1.54) is 12.8 Å². The normalized spacial score (nSPS) is 20.3. The first-order chi connectivity index (χ1) is 9.04. The average molecular weight is 265 g/mol. The average Bonchev–Trinajstić information content (AvgIpc) is 2.65. The van der Waals surface area contributed by atoms with Gasteiger partial charge in [-0.3, -0.25) is 0 Å². The Morgan fingerprint density at radius 1 is 1.42 bits per heavy atom. The number of nitrogens with two attached hydrogens (primary N) is 1. The Bertz CT molecular complexity index is 424. The molecule has 1 atom stereocenters. The van der Waals surface area contributed by atoms with Gasteiger partial charge >= 0.3 is 0 Å². The molecule has 1 aromatic heterocycles. The first kappa shape index (κ1) is 14.2. The Labute approximate surface area is 116 Å². The van der Waals surface area contributed by atoms with Gasteiger partial charge in [0.1, 0.15) is 0 Å². The Morgan fingerprint density at radius 3 is 2.79 bits per heavy atom. The third-order valence-electron chi connectivity index (χ3n) is 4.01. The molecule has 0 aliphatic carbocycles. The lowest BCUT2D eigenvalue weighted by Gasteiger charge is -2.37. The highest BCUT2D eigenvalue weighted by molar-refractivity contribution is 5.66. The number of hydrogen-bond donors (Lipinski definition) is 1. The van der Waals surface area contributed by atoms with Crippen molar-refractivity contribution in [3.05, 3.63) is 5.69 Å². The van der Waals surface area contributed by atoms with Crippen LogP contribution in [-0.4, -0.2) is 47.9 Å². The van der Waals surface area contributed by atoms with Gasteiger partial charge < -0.3 is 15.5 Å². The van der Waals surface area contributed by atoms with E-state index in [4.69, 9.17) is 5.73 Å². The van der Waals surface area contributed by atoms with E-state index in [2.05, 4.69) is 40.6 Å².